The van der Waals surface area contributed by atoms with Crippen molar-refractivity contribution in [2.24, 2.45) is 0 Å². The molecule has 5 aromatic rings. The van der Waals surface area contributed by atoms with Crippen LogP contribution >= 0.6 is 20.3 Å². The van der Waals surface area contributed by atoms with Crippen molar-refractivity contribution in [3.8, 4) is 17.2 Å². The minimum absolute atomic E-state index is 0.116. The molecule has 1 saturated heterocycles. The van der Waals surface area contributed by atoms with Crippen molar-refractivity contribution in [3.05, 3.63) is 167 Å². The van der Waals surface area contributed by atoms with Crippen LogP contribution < -0.4 is 5.32 Å². The molecule has 0 aromatic heterocycles. The van der Waals surface area contributed by atoms with Gasteiger partial charge in [0, 0.05) is 36.8 Å². The molecule has 1 heterocycles. The highest BCUT2D eigenvalue weighted by atomic mass is 32.2. The summed E-state index contributed by atoms with van der Waals surface area (Å²) >= 11 is 1.64. The fourth-order valence-corrected chi connectivity index (χ4v) is 12.1. The standard InChI is InChI=1S/C51H57N4O5PS/c1-37(2)55(38(3)4)61(59-34-18-31-52)60-42-29-32-54(33-30-42)49(56)48(53-50(57)58-35-47-45-27-16-14-25-43(45)44-26-15-17-28-46(44)47)36-62-51(39-19-8-5-9-20-39,40-21-10-6-11-22-40)41-23-12-7-13-24-41/h5-17,19-28,37-38,42,47-48H,18,29-30,32-36H2,1-4H3,(H,53,57)/t48-,61?/m0/s1. The van der Waals surface area contributed by atoms with Crippen LogP contribution in [0.5, 0.6) is 0 Å². The van der Waals surface area contributed by atoms with Crippen LogP contribution in [-0.4, -0.2) is 77.9 Å². The zero-order valence-electron chi connectivity index (χ0n) is 36.1. The summed E-state index contributed by atoms with van der Waals surface area (Å²) in [5.74, 6) is -0.00573. The quantitative estimate of drug-likeness (QED) is 0.0527. The summed E-state index contributed by atoms with van der Waals surface area (Å²) in [6, 6.07) is 49.2. The number of fused-ring (bicyclic) bond motifs is 3. The van der Waals surface area contributed by atoms with Gasteiger partial charge in [-0.3, -0.25) is 4.79 Å². The molecular formula is C51H57N4O5PS. The fourth-order valence-electron chi connectivity index (χ4n) is 8.76. The summed E-state index contributed by atoms with van der Waals surface area (Å²) in [7, 11) is -1.42. The molecule has 2 aliphatic rings. The van der Waals surface area contributed by atoms with E-state index in [9.17, 15) is 14.9 Å². The number of nitrogens with one attached hydrogen (secondary N) is 1. The Labute approximate surface area is 372 Å². The molecule has 1 aliphatic carbocycles. The van der Waals surface area contributed by atoms with Crippen molar-refractivity contribution in [2.45, 2.75) is 81.9 Å². The minimum atomic E-state index is -1.42. The van der Waals surface area contributed by atoms with Crippen molar-refractivity contribution < 1.29 is 23.4 Å². The number of thioether (sulfide) groups is 1. The first-order chi connectivity index (χ1) is 30.2. The largest absolute Gasteiger partial charge is 0.449 e. The smallest absolute Gasteiger partial charge is 0.407 e. The Morgan fingerprint density at radius 3 is 1.74 bits per heavy atom. The molecule has 5 aromatic carbocycles. The lowest BCUT2D eigenvalue weighted by Gasteiger charge is -2.40. The molecule has 9 nitrogen and oxygen atoms in total. The highest BCUT2D eigenvalue weighted by Gasteiger charge is 2.40. The van der Waals surface area contributed by atoms with Crippen molar-refractivity contribution >= 4 is 32.3 Å². The van der Waals surface area contributed by atoms with E-state index in [1.165, 1.54) is 0 Å². The van der Waals surface area contributed by atoms with Crippen LogP contribution in [0.25, 0.3) is 11.1 Å². The molecule has 0 saturated carbocycles. The van der Waals surface area contributed by atoms with Crippen LogP contribution in [-0.2, 0) is 23.3 Å². The Balaban J connectivity index is 1.13. The van der Waals surface area contributed by atoms with Crippen molar-refractivity contribution in [3.63, 3.8) is 0 Å². The maximum absolute atomic E-state index is 14.9. The van der Waals surface area contributed by atoms with E-state index in [1.807, 2.05) is 83.8 Å². The number of nitrogens with zero attached hydrogens (tertiary/aromatic N) is 3. The normalized spacial score (nSPS) is 15.2. The van der Waals surface area contributed by atoms with E-state index in [0.29, 0.717) is 32.5 Å². The molecule has 0 bridgehead atoms. The number of nitriles is 1. The predicted molar refractivity (Wildman–Crippen MR) is 250 cm³/mol. The molecule has 0 spiro atoms. The Kier molecular flexibility index (Phi) is 15.5. The van der Waals surface area contributed by atoms with Crippen molar-refractivity contribution in [1.29, 1.82) is 5.26 Å². The van der Waals surface area contributed by atoms with E-state index >= 15 is 0 Å². The van der Waals surface area contributed by atoms with Gasteiger partial charge in [-0.1, -0.05) is 140 Å². The molecule has 11 heteroatoms. The third-order valence-electron chi connectivity index (χ3n) is 11.6. The van der Waals surface area contributed by atoms with E-state index in [1.54, 1.807) is 11.8 Å². The number of likely N-dealkylation sites (tertiary alicyclic amines) is 1. The van der Waals surface area contributed by atoms with Gasteiger partial charge < -0.3 is 24.0 Å². The first-order valence-electron chi connectivity index (χ1n) is 21.7. The van der Waals surface area contributed by atoms with E-state index in [2.05, 4.69) is 104 Å². The Hall–Kier alpha value is -5.01. The number of alkyl carbamates (subject to hydrolysis) is 1. The van der Waals surface area contributed by atoms with Gasteiger partial charge in [0.2, 0.25) is 5.91 Å². The molecule has 322 valence electrons. The number of rotatable bonds is 18. The number of piperidine rings is 1. The zero-order chi connectivity index (χ0) is 43.5. The van der Waals surface area contributed by atoms with Gasteiger partial charge in [0.25, 0.3) is 8.53 Å². The van der Waals surface area contributed by atoms with Crippen LogP contribution in [0.4, 0.5) is 4.79 Å². The summed E-state index contributed by atoms with van der Waals surface area (Å²) < 4.78 is 20.5. The van der Waals surface area contributed by atoms with Gasteiger partial charge in [-0.2, -0.15) is 5.26 Å². The first-order valence-corrected chi connectivity index (χ1v) is 23.8. The lowest BCUT2D eigenvalue weighted by atomic mass is 9.84. The Morgan fingerprint density at radius 1 is 0.774 bits per heavy atom. The fraction of sp³-hybridized carbons (Fsp3) is 0.353. The summed E-state index contributed by atoms with van der Waals surface area (Å²) in [4.78, 5) is 30.8. The van der Waals surface area contributed by atoms with Gasteiger partial charge in [-0.25, -0.2) is 9.46 Å². The highest BCUT2D eigenvalue weighted by Crippen LogP contribution is 2.50. The lowest BCUT2D eigenvalue weighted by Crippen LogP contribution is -2.53. The molecule has 2 atom stereocenters. The third-order valence-corrected chi connectivity index (χ3v) is 15.4. The molecular weight excluding hydrogens is 812 g/mol. The van der Waals surface area contributed by atoms with E-state index in [4.69, 9.17) is 13.8 Å². The van der Waals surface area contributed by atoms with Crippen LogP contribution in [0.1, 0.15) is 80.7 Å². The molecule has 1 aliphatic heterocycles. The number of hydrogen-bond acceptors (Lipinski definition) is 8. The van der Waals surface area contributed by atoms with Crippen LogP contribution in [0.3, 0.4) is 0 Å². The molecule has 1 N–H and O–H groups in total. The van der Waals surface area contributed by atoms with E-state index in [0.717, 1.165) is 38.9 Å². The zero-order valence-corrected chi connectivity index (χ0v) is 37.8. The van der Waals surface area contributed by atoms with Crippen molar-refractivity contribution in [1.82, 2.24) is 14.9 Å². The number of carbonyl (C=O) groups is 2. The maximum Gasteiger partial charge on any atom is 0.407 e. The second-order valence-electron chi connectivity index (χ2n) is 16.3. The van der Waals surface area contributed by atoms with E-state index in [-0.39, 0.29) is 48.8 Å². The lowest BCUT2D eigenvalue weighted by molar-refractivity contribution is -0.134. The topological polar surface area (TPSA) is 104 Å². The van der Waals surface area contributed by atoms with Crippen LogP contribution in [0.2, 0.25) is 0 Å². The first kappa shape index (κ1) is 45.0. The summed E-state index contributed by atoms with van der Waals surface area (Å²) in [5.41, 5.74) is 7.74. The molecule has 1 unspecified atom stereocenters. The molecule has 7 rings (SSSR count). The van der Waals surface area contributed by atoms with Gasteiger partial charge in [-0.15, -0.1) is 11.8 Å². The van der Waals surface area contributed by atoms with Gasteiger partial charge in [0.05, 0.1) is 29.9 Å². The minimum Gasteiger partial charge on any atom is -0.449 e. The number of ether oxygens (including phenoxy) is 1. The number of carbonyl (C=O) groups excluding carboxylic acids is 2. The summed E-state index contributed by atoms with van der Waals surface area (Å²) in [5, 5.41) is 12.3. The Bertz CT molecular complexity index is 2120. The average Bonchev–Trinajstić information content (AvgIpc) is 3.62. The SMILES string of the molecule is CC(C)N(C(C)C)P(OCCC#N)OC1CCN(C(=O)[C@H](CSC(c2ccccc2)(c2ccccc2)c2ccccc2)NC(=O)OCC2c3ccccc3-c3ccccc32)CC1. The average molecular weight is 869 g/mol. The number of hydrogen-bond donors (Lipinski definition) is 1. The van der Waals surface area contributed by atoms with E-state index < -0.39 is 25.4 Å². The number of amides is 2. The molecule has 0 radical (unpaired) electrons. The molecule has 62 heavy (non-hydrogen) atoms. The monoisotopic (exact) mass is 868 g/mol. The van der Waals surface area contributed by atoms with Gasteiger partial charge in [0.15, 0.2) is 0 Å². The maximum atomic E-state index is 14.9. The Morgan fingerprint density at radius 2 is 1.26 bits per heavy atom. The van der Waals surface area contributed by atoms with Gasteiger partial charge >= 0.3 is 6.09 Å². The summed E-state index contributed by atoms with van der Waals surface area (Å²) in [6.07, 6.45) is 0.759. The van der Waals surface area contributed by atoms with Crippen molar-refractivity contribution in [2.75, 3.05) is 32.1 Å². The third kappa shape index (κ3) is 10.3. The van der Waals surface area contributed by atoms with Crippen LogP contribution in [0, 0.1) is 11.3 Å². The summed E-state index contributed by atoms with van der Waals surface area (Å²) in [6.45, 7) is 9.85. The predicted octanol–water partition coefficient (Wildman–Crippen LogP) is 10.9. The van der Waals surface area contributed by atoms with Crippen LogP contribution in [0.15, 0.2) is 140 Å². The van der Waals surface area contributed by atoms with Gasteiger partial charge in [-0.05, 0) is 79.5 Å². The second-order valence-corrected chi connectivity index (χ2v) is 18.9. The molecule has 2 amide bonds. The van der Waals surface area contributed by atoms with Gasteiger partial charge in [0.1, 0.15) is 12.6 Å². The second kappa shape index (κ2) is 21.4. The number of benzene rings is 5. The molecule has 1 fully saturated rings. The highest BCUT2D eigenvalue weighted by molar-refractivity contribution is 8.00.